The van der Waals surface area contributed by atoms with Crippen molar-refractivity contribution in [2.75, 3.05) is 23.8 Å². The van der Waals surface area contributed by atoms with E-state index in [0.29, 0.717) is 27.8 Å². The summed E-state index contributed by atoms with van der Waals surface area (Å²) < 4.78 is 24.6. The molecular formula is C21H19ClFN3O4. The predicted octanol–water partition coefficient (Wildman–Crippen LogP) is 4.83. The van der Waals surface area contributed by atoms with Gasteiger partial charge in [0.1, 0.15) is 23.9 Å². The Bertz CT molecular complexity index is 1040. The molecule has 1 heterocycles. The number of urea groups is 1. The molecule has 7 nitrogen and oxygen atoms in total. The molecule has 0 saturated carbocycles. The molecule has 3 rings (SSSR count). The zero-order valence-electron chi connectivity index (χ0n) is 16.0. The highest BCUT2D eigenvalue weighted by molar-refractivity contribution is 6.30. The van der Waals surface area contributed by atoms with Crippen molar-refractivity contribution in [3.8, 4) is 5.75 Å². The number of aryl methyl sites for hydroxylation is 1. The SMILES string of the molecule is Cc1occc1C(=O)Nc1cc(NC(=O)NCCOc2ccc(Cl)cc2)ccc1F. The van der Waals surface area contributed by atoms with Crippen molar-refractivity contribution >= 4 is 34.9 Å². The van der Waals surface area contributed by atoms with Crippen LogP contribution in [0.4, 0.5) is 20.6 Å². The van der Waals surface area contributed by atoms with Gasteiger partial charge in [0.15, 0.2) is 0 Å². The summed E-state index contributed by atoms with van der Waals surface area (Å²) in [5, 5.41) is 8.27. The molecule has 0 radical (unpaired) electrons. The Labute approximate surface area is 177 Å². The van der Waals surface area contributed by atoms with Crippen LogP contribution < -0.4 is 20.7 Å². The first kappa shape index (κ1) is 21.2. The highest BCUT2D eigenvalue weighted by atomic mass is 35.5. The number of carbonyl (C=O) groups is 2. The highest BCUT2D eigenvalue weighted by Gasteiger charge is 2.14. The van der Waals surface area contributed by atoms with E-state index in [0.717, 1.165) is 6.07 Å². The minimum Gasteiger partial charge on any atom is -0.492 e. The Morgan fingerprint density at radius 3 is 2.57 bits per heavy atom. The number of hydrogen-bond donors (Lipinski definition) is 3. The van der Waals surface area contributed by atoms with E-state index in [4.69, 9.17) is 20.8 Å². The lowest BCUT2D eigenvalue weighted by atomic mass is 10.2. The molecule has 9 heteroatoms. The molecule has 2 aromatic carbocycles. The van der Waals surface area contributed by atoms with Crippen LogP contribution in [0.1, 0.15) is 16.1 Å². The molecule has 0 fully saturated rings. The highest BCUT2D eigenvalue weighted by Crippen LogP contribution is 2.21. The van der Waals surface area contributed by atoms with Crippen LogP contribution in [0.5, 0.6) is 5.75 Å². The number of benzene rings is 2. The molecule has 3 aromatic rings. The first-order valence-corrected chi connectivity index (χ1v) is 9.38. The van der Waals surface area contributed by atoms with Crippen molar-refractivity contribution in [2.24, 2.45) is 0 Å². The molecule has 0 atom stereocenters. The Morgan fingerprint density at radius 1 is 1.10 bits per heavy atom. The van der Waals surface area contributed by atoms with Crippen molar-refractivity contribution in [3.63, 3.8) is 0 Å². The molecule has 156 valence electrons. The van der Waals surface area contributed by atoms with Crippen LogP contribution in [0.3, 0.4) is 0 Å². The lowest BCUT2D eigenvalue weighted by Crippen LogP contribution is -2.32. The van der Waals surface area contributed by atoms with Crippen LogP contribution in [0.15, 0.2) is 59.2 Å². The summed E-state index contributed by atoms with van der Waals surface area (Å²) in [5.74, 6) is -0.0938. The van der Waals surface area contributed by atoms with E-state index in [1.54, 1.807) is 31.2 Å². The third-order valence-corrected chi connectivity index (χ3v) is 4.30. The fourth-order valence-electron chi connectivity index (χ4n) is 2.55. The second-order valence-corrected chi connectivity index (χ2v) is 6.66. The number of rotatable bonds is 7. The standard InChI is InChI=1S/C21H19ClFN3O4/c1-13-17(8-10-29-13)20(27)26-19-12-15(4-7-18(19)23)25-21(28)24-9-11-30-16-5-2-14(22)3-6-16/h2-8,10,12H,9,11H2,1H3,(H,26,27)(H2,24,25,28). The van der Waals surface area contributed by atoms with Gasteiger partial charge in [-0.25, -0.2) is 9.18 Å². The third kappa shape index (κ3) is 5.74. The summed E-state index contributed by atoms with van der Waals surface area (Å²) in [6.45, 7) is 2.13. The maximum atomic E-state index is 14.1. The zero-order valence-corrected chi connectivity index (χ0v) is 16.8. The molecule has 0 aliphatic rings. The first-order chi connectivity index (χ1) is 14.4. The monoisotopic (exact) mass is 431 g/mol. The molecular weight excluding hydrogens is 413 g/mol. The normalized spacial score (nSPS) is 10.4. The van der Waals surface area contributed by atoms with Crippen molar-refractivity contribution < 1.29 is 23.1 Å². The van der Waals surface area contributed by atoms with E-state index >= 15 is 0 Å². The van der Waals surface area contributed by atoms with E-state index in [2.05, 4.69) is 16.0 Å². The van der Waals surface area contributed by atoms with E-state index < -0.39 is 17.8 Å². The lowest BCUT2D eigenvalue weighted by molar-refractivity contribution is 0.102. The summed E-state index contributed by atoms with van der Waals surface area (Å²) in [7, 11) is 0. The van der Waals surface area contributed by atoms with Gasteiger partial charge in [0, 0.05) is 10.7 Å². The smallest absolute Gasteiger partial charge is 0.319 e. The minimum atomic E-state index is -0.633. The van der Waals surface area contributed by atoms with Gasteiger partial charge in [-0.2, -0.15) is 0 Å². The minimum absolute atomic E-state index is 0.0653. The third-order valence-electron chi connectivity index (χ3n) is 4.05. The summed E-state index contributed by atoms with van der Waals surface area (Å²) >= 11 is 5.80. The van der Waals surface area contributed by atoms with Crippen LogP contribution in [-0.2, 0) is 0 Å². The van der Waals surface area contributed by atoms with Gasteiger partial charge >= 0.3 is 6.03 Å². The number of anilines is 2. The van der Waals surface area contributed by atoms with Crippen molar-refractivity contribution in [2.45, 2.75) is 6.92 Å². The van der Waals surface area contributed by atoms with Gasteiger partial charge in [-0.1, -0.05) is 11.6 Å². The Morgan fingerprint density at radius 2 is 1.87 bits per heavy atom. The van der Waals surface area contributed by atoms with Gasteiger partial charge in [0.25, 0.3) is 5.91 Å². The summed E-state index contributed by atoms with van der Waals surface area (Å²) in [6, 6.07) is 11.7. The number of amides is 3. The number of ether oxygens (including phenoxy) is 1. The van der Waals surface area contributed by atoms with Crippen LogP contribution >= 0.6 is 11.6 Å². The van der Waals surface area contributed by atoms with E-state index in [1.807, 2.05) is 0 Å². The van der Waals surface area contributed by atoms with Gasteiger partial charge in [0.2, 0.25) is 0 Å². The maximum absolute atomic E-state index is 14.1. The van der Waals surface area contributed by atoms with Gasteiger partial charge in [-0.3, -0.25) is 4.79 Å². The average Bonchev–Trinajstić information content (AvgIpc) is 3.15. The molecule has 0 bridgehead atoms. The second-order valence-electron chi connectivity index (χ2n) is 6.22. The van der Waals surface area contributed by atoms with Gasteiger partial charge in [-0.15, -0.1) is 0 Å². The van der Waals surface area contributed by atoms with Gasteiger partial charge in [-0.05, 0) is 55.5 Å². The van der Waals surface area contributed by atoms with Gasteiger partial charge < -0.3 is 25.1 Å². The van der Waals surface area contributed by atoms with E-state index in [1.165, 1.54) is 24.5 Å². The van der Waals surface area contributed by atoms with Crippen LogP contribution in [0.2, 0.25) is 5.02 Å². The second kappa shape index (κ2) is 9.80. The summed E-state index contributed by atoms with van der Waals surface area (Å²) in [6.07, 6.45) is 1.37. The number of nitrogens with one attached hydrogen (secondary N) is 3. The lowest BCUT2D eigenvalue weighted by Gasteiger charge is -2.11. The molecule has 1 aromatic heterocycles. The van der Waals surface area contributed by atoms with E-state index in [9.17, 15) is 14.0 Å². The number of halogens is 2. The van der Waals surface area contributed by atoms with Crippen molar-refractivity contribution in [3.05, 3.63) is 77.0 Å². The quantitative estimate of drug-likeness (QED) is 0.467. The van der Waals surface area contributed by atoms with Crippen LogP contribution in [0, 0.1) is 12.7 Å². The fraction of sp³-hybridized carbons (Fsp3) is 0.143. The van der Waals surface area contributed by atoms with Crippen molar-refractivity contribution in [1.29, 1.82) is 0 Å². The van der Waals surface area contributed by atoms with Crippen LogP contribution in [-0.4, -0.2) is 25.1 Å². The van der Waals surface area contributed by atoms with Crippen molar-refractivity contribution in [1.82, 2.24) is 5.32 Å². The molecule has 0 saturated heterocycles. The molecule has 0 aliphatic carbocycles. The summed E-state index contributed by atoms with van der Waals surface area (Å²) in [5.41, 5.74) is 0.544. The number of hydrogen-bond acceptors (Lipinski definition) is 4. The molecule has 0 spiro atoms. The molecule has 3 amide bonds. The maximum Gasteiger partial charge on any atom is 0.319 e. The number of carbonyl (C=O) groups excluding carboxylic acids is 2. The number of furan rings is 1. The fourth-order valence-corrected chi connectivity index (χ4v) is 2.67. The largest absolute Gasteiger partial charge is 0.492 e. The molecule has 0 unspecified atom stereocenters. The zero-order chi connectivity index (χ0) is 21.5. The molecule has 3 N–H and O–H groups in total. The van der Waals surface area contributed by atoms with Crippen LogP contribution in [0.25, 0.3) is 0 Å². The first-order valence-electron chi connectivity index (χ1n) is 9.00. The average molecular weight is 432 g/mol. The topological polar surface area (TPSA) is 92.6 Å². The molecule has 0 aliphatic heterocycles. The Kier molecular flexibility index (Phi) is 6.92. The van der Waals surface area contributed by atoms with E-state index in [-0.39, 0.29) is 18.8 Å². The Hall–Kier alpha value is -3.52. The predicted molar refractivity (Wildman–Crippen MR) is 112 cm³/mol. The molecule has 30 heavy (non-hydrogen) atoms. The Balaban J connectivity index is 1.50. The summed E-state index contributed by atoms with van der Waals surface area (Å²) in [4.78, 5) is 24.3. The van der Waals surface area contributed by atoms with Gasteiger partial charge in [0.05, 0.1) is 24.1 Å².